The Morgan fingerprint density at radius 3 is 2.50 bits per heavy atom. The number of carbonyl (C=O) groups is 1. The number of ether oxygens (including phenoxy) is 2. The predicted molar refractivity (Wildman–Crippen MR) is 65.3 cm³/mol. The van der Waals surface area contributed by atoms with Crippen LogP contribution in [0.25, 0.3) is 11.3 Å². The lowest BCUT2D eigenvalue weighted by Crippen LogP contribution is -2.15. The van der Waals surface area contributed by atoms with Crippen molar-refractivity contribution in [3.05, 3.63) is 35.6 Å². The third-order valence-corrected chi connectivity index (χ3v) is 2.90. The maximum Gasteiger partial charge on any atom is 0.185 e. The van der Waals surface area contributed by atoms with E-state index in [1.54, 1.807) is 12.1 Å². The molecule has 0 atom stereocenters. The summed E-state index contributed by atoms with van der Waals surface area (Å²) in [7, 11) is 0. The molecule has 1 aliphatic heterocycles. The van der Waals surface area contributed by atoms with Gasteiger partial charge in [0.05, 0.1) is 0 Å². The largest absolute Gasteiger partial charge is 0.486 e. The molecule has 0 saturated carbocycles. The summed E-state index contributed by atoms with van der Waals surface area (Å²) in [5, 5.41) is 0. The van der Waals surface area contributed by atoms with Gasteiger partial charge in [0.1, 0.15) is 19.0 Å². The van der Waals surface area contributed by atoms with Crippen molar-refractivity contribution in [2.45, 2.75) is 6.92 Å². The van der Waals surface area contributed by atoms with E-state index in [0.717, 1.165) is 16.9 Å². The van der Waals surface area contributed by atoms with Crippen LogP contribution in [0.3, 0.4) is 0 Å². The van der Waals surface area contributed by atoms with Crippen molar-refractivity contribution in [3.8, 4) is 22.8 Å². The van der Waals surface area contributed by atoms with Crippen molar-refractivity contribution in [3.63, 3.8) is 0 Å². The Morgan fingerprint density at radius 2 is 1.83 bits per heavy atom. The Kier molecular flexibility index (Phi) is 2.55. The molecule has 0 aliphatic carbocycles. The molecule has 1 aromatic heterocycles. The zero-order valence-electron chi connectivity index (χ0n) is 9.93. The minimum absolute atomic E-state index is 0.319. The quantitative estimate of drug-likeness (QED) is 0.762. The SMILES string of the molecule is Cc1cc2c(cc1-c1ccc(C=O)o1)OCCO2. The number of carbonyl (C=O) groups excluding carboxylic acids is 1. The normalized spacial score (nSPS) is 13.4. The maximum absolute atomic E-state index is 10.6. The number of aldehydes is 1. The monoisotopic (exact) mass is 244 g/mol. The molecular formula is C14H12O4. The second-order valence-corrected chi connectivity index (χ2v) is 4.13. The molecule has 18 heavy (non-hydrogen) atoms. The van der Waals surface area contributed by atoms with Crippen LogP contribution in [0, 0.1) is 6.92 Å². The molecule has 0 radical (unpaired) electrons. The molecule has 4 nitrogen and oxygen atoms in total. The molecule has 0 saturated heterocycles. The second-order valence-electron chi connectivity index (χ2n) is 4.13. The molecule has 1 aliphatic rings. The van der Waals surface area contributed by atoms with Gasteiger partial charge in [0.15, 0.2) is 23.5 Å². The molecule has 2 heterocycles. The fourth-order valence-electron chi connectivity index (χ4n) is 2.02. The van der Waals surface area contributed by atoms with Crippen LogP contribution < -0.4 is 9.47 Å². The van der Waals surface area contributed by atoms with Crippen LogP contribution in [0.2, 0.25) is 0 Å². The van der Waals surface area contributed by atoms with Gasteiger partial charge in [-0.25, -0.2) is 0 Å². The molecule has 0 amide bonds. The zero-order chi connectivity index (χ0) is 12.5. The van der Waals surface area contributed by atoms with Crippen LogP contribution >= 0.6 is 0 Å². The van der Waals surface area contributed by atoms with Crippen LogP contribution in [0.5, 0.6) is 11.5 Å². The first-order valence-corrected chi connectivity index (χ1v) is 5.73. The standard InChI is InChI=1S/C14H12O4/c1-9-6-13-14(17-5-4-16-13)7-11(9)12-3-2-10(8-15)18-12/h2-3,6-8H,4-5H2,1H3. The van der Waals surface area contributed by atoms with Gasteiger partial charge in [-0.05, 0) is 36.8 Å². The molecule has 92 valence electrons. The summed E-state index contributed by atoms with van der Waals surface area (Å²) in [4.78, 5) is 10.6. The summed E-state index contributed by atoms with van der Waals surface area (Å²) >= 11 is 0. The fourth-order valence-corrected chi connectivity index (χ4v) is 2.02. The smallest absolute Gasteiger partial charge is 0.185 e. The zero-order valence-corrected chi connectivity index (χ0v) is 9.93. The lowest BCUT2D eigenvalue weighted by molar-refractivity contribution is 0.110. The molecule has 0 unspecified atom stereocenters. The van der Waals surface area contributed by atoms with Gasteiger partial charge in [0, 0.05) is 5.56 Å². The molecule has 2 aromatic rings. The highest BCUT2D eigenvalue weighted by molar-refractivity contribution is 5.74. The minimum Gasteiger partial charge on any atom is -0.486 e. The Morgan fingerprint density at radius 1 is 1.11 bits per heavy atom. The summed E-state index contributed by atoms with van der Waals surface area (Å²) in [6, 6.07) is 7.24. The average Bonchev–Trinajstić information content (AvgIpc) is 2.86. The summed E-state index contributed by atoms with van der Waals surface area (Å²) < 4.78 is 16.5. The van der Waals surface area contributed by atoms with E-state index in [9.17, 15) is 4.79 Å². The summed E-state index contributed by atoms with van der Waals surface area (Å²) in [5.74, 6) is 2.45. The van der Waals surface area contributed by atoms with E-state index in [1.165, 1.54) is 0 Å². The minimum atomic E-state index is 0.319. The molecule has 3 rings (SSSR count). The van der Waals surface area contributed by atoms with E-state index < -0.39 is 0 Å². The van der Waals surface area contributed by atoms with Gasteiger partial charge in [-0.2, -0.15) is 0 Å². The molecule has 0 N–H and O–H groups in total. The molecular weight excluding hydrogens is 232 g/mol. The Bertz CT molecular complexity index is 598. The van der Waals surface area contributed by atoms with E-state index in [4.69, 9.17) is 13.9 Å². The first kappa shape index (κ1) is 10.9. The highest BCUT2D eigenvalue weighted by atomic mass is 16.6. The Hall–Kier alpha value is -2.23. The first-order chi connectivity index (χ1) is 8.78. The average molecular weight is 244 g/mol. The van der Waals surface area contributed by atoms with Crippen LogP contribution in [-0.2, 0) is 0 Å². The molecule has 0 fully saturated rings. The van der Waals surface area contributed by atoms with Gasteiger partial charge in [0.25, 0.3) is 0 Å². The summed E-state index contributed by atoms with van der Waals surface area (Å²) in [6.07, 6.45) is 0.691. The van der Waals surface area contributed by atoms with Crippen molar-refractivity contribution in [1.29, 1.82) is 0 Å². The third-order valence-electron chi connectivity index (χ3n) is 2.90. The molecule has 1 aromatic carbocycles. The first-order valence-electron chi connectivity index (χ1n) is 5.73. The van der Waals surface area contributed by atoms with Gasteiger partial charge >= 0.3 is 0 Å². The van der Waals surface area contributed by atoms with Crippen molar-refractivity contribution < 1.29 is 18.7 Å². The number of rotatable bonds is 2. The van der Waals surface area contributed by atoms with E-state index >= 15 is 0 Å². The Balaban J connectivity index is 2.08. The van der Waals surface area contributed by atoms with Gasteiger partial charge in [-0.1, -0.05) is 0 Å². The van der Waals surface area contributed by atoms with Crippen LogP contribution in [0.4, 0.5) is 0 Å². The van der Waals surface area contributed by atoms with Crippen LogP contribution in [0.15, 0.2) is 28.7 Å². The van der Waals surface area contributed by atoms with Crippen molar-refractivity contribution in [2.24, 2.45) is 0 Å². The summed E-state index contributed by atoms with van der Waals surface area (Å²) in [5.41, 5.74) is 1.93. The topological polar surface area (TPSA) is 48.7 Å². The van der Waals surface area contributed by atoms with Gasteiger partial charge in [-0.15, -0.1) is 0 Å². The van der Waals surface area contributed by atoms with Crippen LogP contribution in [-0.4, -0.2) is 19.5 Å². The van der Waals surface area contributed by atoms with E-state index in [0.29, 0.717) is 36.8 Å². The molecule has 0 bridgehead atoms. The number of furan rings is 1. The van der Waals surface area contributed by atoms with Gasteiger partial charge < -0.3 is 13.9 Å². The van der Waals surface area contributed by atoms with Gasteiger partial charge in [-0.3, -0.25) is 4.79 Å². The highest BCUT2D eigenvalue weighted by Crippen LogP contribution is 2.37. The molecule has 4 heteroatoms. The lowest BCUT2D eigenvalue weighted by Gasteiger charge is -2.19. The van der Waals surface area contributed by atoms with E-state index in [2.05, 4.69) is 0 Å². The van der Waals surface area contributed by atoms with E-state index in [1.807, 2.05) is 19.1 Å². The Labute approximate surface area is 104 Å². The van der Waals surface area contributed by atoms with Crippen molar-refractivity contribution in [1.82, 2.24) is 0 Å². The number of hydrogen-bond donors (Lipinski definition) is 0. The highest BCUT2D eigenvalue weighted by Gasteiger charge is 2.16. The van der Waals surface area contributed by atoms with Crippen molar-refractivity contribution >= 4 is 6.29 Å². The molecule has 0 spiro atoms. The van der Waals surface area contributed by atoms with Gasteiger partial charge in [0.2, 0.25) is 0 Å². The maximum atomic E-state index is 10.6. The second kappa shape index (κ2) is 4.22. The third kappa shape index (κ3) is 1.76. The number of benzene rings is 1. The number of hydrogen-bond acceptors (Lipinski definition) is 4. The van der Waals surface area contributed by atoms with E-state index in [-0.39, 0.29) is 0 Å². The number of fused-ring (bicyclic) bond motifs is 1. The summed E-state index contributed by atoms with van der Waals surface area (Å²) in [6.45, 7) is 3.09. The fraction of sp³-hybridized carbons (Fsp3) is 0.214. The predicted octanol–water partition coefficient (Wildman–Crippen LogP) is 2.84. The number of aryl methyl sites for hydroxylation is 1. The van der Waals surface area contributed by atoms with Crippen LogP contribution in [0.1, 0.15) is 16.1 Å². The lowest BCUT2D eigenvalue weighted by atomic mass is 10.1. The van der Waals surface area contributed by atoms with Crippen molar-refractivity contribution in [2.75, 3.05) is 13.2 Å².